The minimum atomic E-state index is -0.514. The summed E-state index contributed by atoms with van der Waals surface area (Å²) >= 11 is 0. The molecule has 0 radical (unpaired) electrons. The molecule has 0 heterocycles. The Morgan fingerprint density at radius 1 is 0.209 bits per heavy atom. The van der Waals surface area contributed by atoms with Crippen molar-refractivity contribution in [3.8, 4) is 0 Å². The molecule has 0 rings (SSSR count). The normalized spacial score (nSPS) is 11.5. The van der Waals surface area contributed by atoms with Crippen molar-refractivity contribution in [2.24, 2.45) is 22.7 Å². The molecule has 0 aromatic rings. The summed E-state index contributed by atoms with van der Waals surface area (Å²) in [5, 5.41) is 0. The van der Waals surface area contributed by atoms with Crippen molar-refractivity contribution < 1.29 is 210 Å². The minimum absolute atomic E-state index is 0.0518. The van der Waals surface area contributed by atoms with E-state index in [1.54, 1.807) is 48.5 Å². The molecule has 0 bridgehead atoms. The molecule has 44 heteroatoms. The molecule has 0 fully saturated rings. The summed E-state index contributed by atoms with van der Waals surface area (Å²) in [5.41, 5.74) is -2.21. The van der Waals surface area contributed by atoms with Gasteiger partial charge in [-0.05, 0) is 188 Å². The number of ether oxygens (including phenoxy) is 24. The van der Waals surface area contributed by atoms with Gasteiger partial charge in [-0.1, -0.05) is 96.9 Å². The Hall–Kier alpha value is -10.8. The first kappa shape index (κ1) is 162. The third-order valence-electron chi connectivity index (χ3n) is 19.2. The van der Waals surface area contributed by atoms with Crippen molar-refractivity contribution in [2.45, 2.75) is 428 Å². The van der Waals surface area contributed by atoms with Crippen molar-refractivity contribution >= 4 is 119 Å². The molecule has 0 aliphatic rings. The molecule has 0 aliphatic carbocycles. The van der Waals surface area contributed by atoms with E-state index in [0.717, 1.165) is 70.6 Å². The van der Waals surface area contributed by atoms with Crippen LogP contribution in [0.2, 0.25) is 0 Å². The van der Waals surface area contributed by atoms with Crippen molar-refractivity contribution in [1.82, 2.24) is 0 Å². The molecule has 0 N–H and O–H groups in total. The summed E-state index contributed by atoms with van der Waals surface area (Å²) < 4.78 is 115. The summed E-state index contributed by atoms with van der Waals surface area (Å²) in [6, 6.07) is 0. The molecule has 0 saturated carbocycles. The highest BCUT2D eigenvalue weighted by molar-refractivity contribution is 5.78. The first-order valence-corrected chi connectivity index (χ1v) is 49.7. The topological polar surface area (TPSA) is 563 Å². The quantitative estimate of drug-likeness (QED) is 0.0236. The SMILES string of the molecule is CCC(C)(C)C(=O)OCCOC(C)=O.CCC(C)(C)C(=O)OCOC(C)=O.CCC(C)(C)OC(=O)CCOC(C)=O.CCC(C)(C)OC(=O)COC(C)=O.CCC(C)(C)OCCOC(C)=O.CCC(C)(C)OCOC(C)=O.CCC(C)C(=O)OCCOC(C)=O.CCC(C)C(=O)OCOC(C)=O.CCC(C)OC(=O)CCOC(C)=O.CCC(C)OC(=O)COC(C)=O.CCC(C)OCCOC(C)=O.CCC(C)OCOC(C)=O. The van der Waals surface area contributed by atoms with Gasteiger partial charge >= 0.3 is 119 Å². The van der Waals surface area contributed by atoms with E-state index < -0.39 is 57.8 Å². The van der Waals surface area contributed by atoms with Crippen LogP contribution in [0.4, 0.5) is 0 Å². The standard InChI is InChI=1S/2C10H18O4.4C9H16O4.C9H18O3.2C8H14O4.2C8H16O3.C7H14O3/c1-5-10(3,4)9(12)14-7-6-13-8(2)11;1-5-10(3,4)14-9(12)6-7-13-8(2)11;1-5-9(3,4)8(11)13-6-12-7(2)10;1-5-9(3,4)13-8(11)6-12-7(2)10;1-4-7(2)9(11)13-6-5-12-8(3)10;1-4-7(2)13-9(11)5-6-12-8(3)10;1-5-9(3,4)12-7-6-11-8(2)10;1-4-6(2)8(10)12-5-11-7(3)9;1-4-6(2)12-8(10)5-11-7(3)9;1-5-8(3,4)11-6-10-7(2)9;1-4-7(2)10-5-6-11-8(3)9;1-4-6(2)9-5-10-7(3)8/h2*5-7H2,1-4H3;2*5-6H2,1-4H3;2*7H,4-6H2,1-3H3;5-7H2,1-4H3;2*6H,4-5H2,1-3H3;5-6H2,1-4H3;7H,4-6H2,1-3H3;6H,4-5H2,1-3H3. The van der Waals surface area contributed by atoms with Gasteiger partial charge in [-0.2, -0.15) is 0 Å². The van der Waals surface area contributed by atoms with Crippen LogP contribution in [0.1, 0.15) is 381 Å². The third kappa shape index (κ3) is 137. The van der Waals surface area contributed by atoms with Crippen LogP contribution in [0.5, 0.6) is 0 Å². The van der Waals surface area contributed by atoms with Gasteiger partial charge in [0.15, 0.2) is 26.8 Å². The third-order valence-corrected chi connectivity index (χ3v) is 19.2. The van der Waals surface area contributed by atoms with Gasteiger partial charge in [-0.15, -0.1) is 0 Å². The van der Waals surface area contributed by atoms with Gasteiger partial charge in [0.25, 0.3) is 0 Å². The minimum Gasteiger partial charge on any atom is -0.465 e. The molecule has 6 unspecified atom stereocenters. The molecule has 0 spiro atoms. The lowest BCUT2D eigenvalue weighted by Crippen LogP contribution is -2.29. The molecule has 44 nitrogen and oxygen atoms in total. The zero-order chi connectivity index (χ0) is 118. The second kappa shape index (κ2) is 101. The van der Waals surface area contributed by atoms with E-state index in [0.29, 0.717) is 32.8 Å². The number of hydrogen-bond acceptors (Lipinski definition) is 44. The molecular formula is C104H192O44. The van der Waals surface area contributed by atoms with E-state index in [4.69, 9.17) is 56.8 Å². The Morgan fingerprint density at radius 2 is 0.473 bits per heavy atom. The van der Waals surface area contributed by atoms with Gasteiger partial charge < -0.3 is 114 Å². The Morgan fingerprint density at radius 3 is 0.811 bits per heavy atom. The van der Waals surface area contributed by atoms with Crippen LogP contribution in [-0.2, 0) is 210 Å². The summed E-state index contributed by atoms with van der Waals surface area (Å²) in [6.07, 6.45) is 10.2. The van der Waals surface area contributed by atoms with Crippen LogP contribution in [0.25, 0.3) is 0 Å². The fourth-order valence-corrected chi connectivity index (χ4v) is 6.59. The smallest absolute Gasteiger partial charge is 0.344 e. The predicted molar refractivity (Wildman–Crippen MR) is 545 cm³/mol. The predicted octanol–water partition coefficient (Wildman–Crippen LogP) is 16.5. The maximum Gasteiger partial charge on any atom is 0.344 e. The monoisotopic (exact) mass is 2150 g/mol. The van der Waals surface area contributed by atoms with Crippen LogP contribution in [-0.4, -0.2) is 273 Å². The lowest BCUT2D eigenvalue weighted by molar-refractivity contribution is -0.173. The molecule has 0 saturated heterocycles. The number of hydrogen-bond donors (Lipinski definition) is 0. The van der Waals surface area contributed by atoms with Crippen LogP contribution in [0.15, 0.2) is 0 Å². The van der Waals surface area contributed by atoms with E-state index >= 15 is 0 Å². The van der Waals surface area contributed by atoms with Crippen molar-refractivity contribution in [3.63, 3.8) is 0 Å². The Bertz CT molecular complexity index is 3600. The van der Waals surface area contributed by atoms with Crippen molar-refractivity contribution in [3.05, 3.63) is 0 Å². The van der Waals surface area contributed by atoms with Crippen molar-refractivity contribution in [2.75, 3.05) is 106 Å². The van der Waals surface area contributed by atoms with Crippen molar-refractivity contribution in [1.29, 1.82) is 0 Å². The van der Waals surface area contributed by atoms with Gasteiger partial charge in [-0.25, -0.2) is 9.59 Å². The van der Waals surface area contributed by atoms with Crippen LogP contribution >= 0.6 is 0 Å². The first-order chi connectivity index (χ1) is 68.1. The highest BCUT2D eigenvalue weighted by atomic mass is 16.7. The Balaban J connectivity index is -0.000000136. The van der Waals surface area contributed by atoms with Crippen LogP contribution in [0.3, 0.4) is 0 Å². The maximum absolute atomic E-state index is 11.4. The molecule has 872 valence electrons. The number of rotatable bonds is 54. The van der Waals surface area contributed by atoms with E-state index in [2.05, 4.69) is 70.7 Å². The molecule has 0 amide bonds. The molecule has 0 aliphatic heterocycles. The summed E-state index contributed by atoms with van der Waals surface area (Å²) in [7, 11) is 0. The molecule has 0 aromatic heterocycles. The largest absolute Gasteiger partial charge is 0.465 e. The Labute approximate surface area is 881 Å². The number of esters is 20. The zero-order valence-electron chi connectivity index (χ0n) is 97.6. The highest BCUT2D eigenvalue weighted by Gasteiger charge is 2.29. The van der Waals surface area contributed by atoms with E-state index in [-0.39, 0.29) is 224 Å². The van der Waals surface area contributed by atoms with Gasteiger partial charge in [-0.3, -0.25) is 86.3 Å². The first-order valence-electron chi connectivity index (χ1n) is 49.7. The Kier molecular flexibility index (Phi) is 111. The van der Waals surface area contributed by atoms with E-state index in [9.17, 15) is 95.9 Å². The van der Waals surface area contributed by atoms with Gasteiger partial charge in [0.1, 0.15) is 64.1 Å². The van der Waals surface area contributed by atoms with Gasteiger partial charge in [0.2, 0.25) is 13.6 Å². The van der Waals surface area contributed by atoms with Gasteiger partial charge in [0.05, 0.1) is 84.3 Å². The number of carbonyl (C=O) groups excluding carboxylic acids is 20. The van der Waals surface area contributed by atoms with E-state index in [1.807, 2.05) is 145 Å². The summed E-state index contributed by atoms with van der Waals surface area (Å²) in [4.78, 5) is 212. The zero-order valence-corrected chi connectivity index (χ0v) is 97.6. The average molecular weight is 2150 g/mol. The molecule has 6 atom stereocenters. The second-order valence-corrected chi connectivity index (χ2v) is 35.7. The molecule has 0 aromatic carbocycles. The number of carbonyl (C=O) groups is 20. The summed E-state index contributed by atoms with van der Waals surface area (Å²) in [5.74, 6) is -7.55. The maximum atomic E-state index is 11.4. The average Bonchev–Trinajstić information content (AvgIpc) is 0.898. The second-order valence-electron chi connectivity index (χ2n) is 35.7. The lowest BCUT2D eigenvalue weighted by Gasteiger charge is -2.23. The van der Waals surface area contributed by atoms with Crippen LogP contribution < -0.4 is 0 Å². The van der Waals surface area contributed by atoms with E-state index in [1.165, 1.54) is 83.1 Å². The lowest BCUT2D eigenvalue weighted by atomic mass is 9.91. The summed E-state index contributed by atoms with van der Waals surface area (Å²) in [6.45, 7) is 74.1. The molecular weight excluding hydrogens is 1950 g/mol. The highest BCUT2D eigenvalue weighted by Crippen LogP contribution is 2.23. The molecule has 148 heavy (non-hydrogen) atoms. The van der Waals surface area contributed by atoms with Gasteiger partial charge in [0, 0.05) is 83.1 Å². The fourth-order valence-electron chi connectivity index (χ4n) is 6.59. The van der Waals surface area contributed by atoms with Crippen LogP contribution in [0, 0.1) is 22.7 Å². The fraction of sp³-hybridized carbons (Fsp3) is 0.808.